The van der Waals surface area contributed by atoms with E-state index in [0.717, 1.165) is 0 Å². The second kappa shape index (κ2) is 99.0. The van der Waals surface area contributed by atoms with Gasteiger partial charge in [-0.25, -0.2) is 0 Å². The average molecular weight is 289 g/mol. The van der Waals surface area contributed by atoms with Crippen LogP contribution in [0.4, 0.5) is 0 Å². The Bertz CT molecular complexity index is 11.0. The zero-order valence-corrected chi connectivity index (χ0v) is 13.2. The minimum absolute atomic E-state index is 0. The summed E-state index contributed by atoms with van der Waals surface area (Å²) in [5.74, 6) is 0. The Hall–Kier alpha value is 3.66. The Morgan fingerprint density at radius 2 is 0.333 bits per heavy atom. The molecule has 0 saturated carbocycles. The van der Waals surface area contributed by atoms with Gasteiger partial charge in [-0.15, -0.1) is 0 Å². The van der Waals surface area contributed by atoms with Gasteiger partial charge in [0.15, 0.2) is 0 Å². The summed E-state index contributed by atoms with van der Waals surface area (Å²) in [6, 6.07) is 0. The Balaban J connectivity index is 0. The molecule has 0 saturated heterocycles. The number of hydrogen-bond acceptors (Lipinski definition) is 0. The van der Waals surface area contributed by atoms with Gasteiger partial charge in [-0.05, 0) is 0 Å². The fourth-order valence-corrected chi connectivity index (χ4v) is 0. The van der Waals surface area contributed by atoms with Crippen LogP contribution in [0.3, 0.4) is 0 Å². The van der Waals surface area contributed by atoms with Crippen molar-refractivity contribution in [2.45, 2.75) is 0 Å². The van der Waals surface area contributed by atoms with Crippen LogP contribution in [0.15, 0.2) is 0 Å². The van der Waals surface area contributed by atoms with Gasteiger partial charge >= 0.3 is 0 Å². The molecule has 9 heavy (non-hydrogen) atoms. The molecule has 6 nitrogen and oxygen atoms in total. The Morgan fingerprint density at radius 3 is 0.333 bits per heavy atom. The molecule has 0 aliphatic heterocycles. The van der Waals surface area contributed by atoms with E-state index >= 15 is 0 Å². The molecular weight excluding hydrogens is 277 g/mol. The molecule has 0 amide bonds. The predicted octanol–water partition coefficient (Wildman–Crippen LogP) is -5.71. The maximum absolute atomic E-state index is 0. The third kappa shape index (κ3) is 81.3. The van der Waals surface area contributed by atoms with Gasteiger partial charge in [0.1, 0.15) is 0 Å². The molecule has 0 atom stereocenters. The van der Waals surface area contributed by atoms with Crippen LogP contribution in [0.2, 0.25) is 0 Å². The summed E-state index contributed by atoms with van der Waals surface area (Å²) in [6.45, 7) is 0. The standard InChI is InChI=1S/2K.6H2O.Rh/h;;6*1H2;. The summed E-state index contributed by atoms with van der Waals surface area (Å²) >= 11 is 0. The van der Waals surface area contributed by atoms with Crippen molar-refractivity contribution in [2.24, 2.45) is 0 Å². The molecule has 0 aromatic heterocycles. The molecule has 0 spiro atoms. The largest absolute Gasteiger partial charge is 0.412 e. The first kappa shape index (κ1) is 129. The third-order valence-corrected chi connectivity index (χ3v) is 0. The van der Waals surface area contributed by atoms with Crippen molar-refractivity contribution in [3.05, 3.63) is 0 Å². The van der Waals surface area contributed by atoms with Gasteiger partial charge in [0.2, 0.25) is 0 Å². The van der Waals surface area contributed by atoms with Crippen LogP contribution in [0.5, 0.6) is 0 Å². The number of rotatable bonds is 0. The van der Waals surface area contributed by atoms with Crippen molar-refractivity contribution in [2.75, 3.05) is 0 Å². The van der Waals surface area contributed by atoms with Gasteiger partial charge in [-0.2, -0.15) is 0 Å². The Labute approximate surface area is 151 Å². The van der Waals surface area contributed by atoms with Crippen LogP contribution in [0, 0.1) is 0 Å². The summed E-state index contributed by atoms with van der Waals surface area (Å²) < 4.78 is 0. The number of hydrogen-bond donors (Lipinski definition) is 0. The van der Waals surface area contributed by atoms with E-state index in [-0.39, 0.29) is 155 Å². The molecule has 3 radical (unpaired) electrons. The first-order valence-corrected chi connectivity index (χ1v) is 0. The molecule has 0 aromatic rings. The fourth-order valence-electron chi connectivity index (χ4n) is 0. The van der Waals surface area contributed by atoms with Gasteiger partial charge in [-0.1, -0.05) is 0 Å². The molecule has 0 aliphatic rings. The molecule has 0 aliphatic carbocycles. The van der Waals surface area contributed by atoms with E-state index in [1.54, 1.807) is 0 Å². The van der Waals surface area contributed by atoms with Crippen molar-refractivity contribution in [3.63, 3.8) is 0 Å². The van der Waals surface area contributed by atoms with Gasteiger partial charge in [0.05, 0.1) is 0 Å². The molecule has 0 unspecified atom stereocenters. The molecule has 0 rings (SSSR count). The van der Waals surface area contributed by atoms with E-state index in [4.69, 9.17) is 0 Å². The predicted molar refractivity (Wildman–Crippen MR) is 33.2 cm³/mol. The second-order valence-corrected chi connectivity index (χ2v) is 0. The Morgan fingerprint density at radius 1 is 0.333 bits per heavy atom. The van der Waals surface area contributed by atoms with Crippen LogP contribution in [-0.2, 0) is 19.5 Å². The summed E-state index contributed by atoms with van der Waals surface area (Å²) in [6.07, 6.45) is 0. The minimum atomic E-state index is 0. The van der Waals surface area contributed by atoms with Crippen molar-refractivity contribution < 1.29 is 52.3 Å². The summed E-state index contributed by atoms with van der Waals surface area (Å²) in [4.78, 5) is 0. The van der Waals surface area contributed by atoms with Crippen LogP contribution in [-0.4, -0.2) is 136 Å². The normalized spacial score (nSPS) is 0. The average Bonchev–Trinajstić information content (AvgIpc) is 0. The smallest absolute Gasteiger partial charge is 0 e. The van der Waals surface area contributed by atoms with E-state index < -0.39 is 0 Å². The maximum atomic E-state index is 0. The maximum Gasteiger partial charge on any atom is 0 e. The van der Waals surface area contributed by atoms with Gasteiger partial charge < -0.3 is 32.9 Å². The molecule has 0 fully saturated rings. The van der Waals surface area contributed by atoms with Crippen molar-refractivity contribution >= 4 is 103 Å². The van der Waals surface area contributed by atoms with E-state index in [1.807, 2.05) is 0 Å². The third-order valence-electron chi connectivity index (χ3n) is 0. The van der Waals surface area contributed by atoms with Crippen LogP contribution >= 0.6 is 0 Å². The molecule has 0 bridgehead atoms. The van der Waals surface area contributed by atoms with E-state index in [9.17, 15) is 0 Å². The van der Waals surface area contributed by atoms with Crippen molar-refractivity contribution in [1.29, 1.82) is 0 Å². The van der Waals surface area contributed by atoms with Crippen molar-refractivity contribution in [3.8, 4) is 0 Å². The van der Waals surface area contributed by atoms with Crippen LogP contribution in [0.1, 0.15) is 0 Å². The fraction of sp³-hybridized carbons (Fsp3) is 0. The van der Waals surface area contributed by atoms with E-state index in [0.29, 0.717) is 0 Å². The topological polar surface area (TPSA) is 189 Å². The van der Waals surface area contributed by atoms with Gasteiger partial charge in [0, 0.05) is 122 Å². The van der Waals surface area contributed by atoms with Crippen molar-refractivity contribution in [1.82, 2.24) is 0 Å². The molecule has 9 heteroatoms. The SMILES string of the molecule is O.O.O.O.O.O.[K].[K].[Rh]. The van der Waals surface area contributed by atoms with E-state index in [2.05, 4.69) is 0 Å². The zero-order chi connectivity index (χ0) is 0. The minimum Gasteiger partial charge on any atom is -0.412 e. The Kier molecular flexibility index (Phi) is 1420. The molecule has 0 aromatic carbocycles. The summed E-state index contributed by atoms with van der Waals surface area (Å²) in [5, 5.41) is 0. The van der Waals surface area contributed by atoms with Crippen LogP contribution < -0.4 is 0 Å². The molecule has 0 heterocycles. The molecule has 59 valence electrons. The first-order chi connectivity index (χ1) is 0. The monoisotopic (exact) mass is 289 g/mol. The molecule has 12 N–H and O–H groups in total. The molecular formula is H12K2O6Rh. The van der Waals surface area contributed by atoms with E-state index in [1.165, 1.54) is 0 Å². The zero-order valence-electron chi connectivity index (χ0n) is 5.33. The summed E-state index contributed by atoms with van der Waals surface area (Å²) in [7, 11) is 0. The first-order valence-electron chi connectivity index (χ1n) is 0. The second-order valence-electron chi connectivity index (χ2n) is 0. The van der Waals surface area contributed by atoms with Crippen LogP contribution in [0.25, 0.3) is 0 Å². The quantitative estimate of drug-likeness (QED) is 0.384. The van der Waals surface area contributed by atoms with Gasteiger partial charge in [-0.3, -0.25) is 0 Å². The summed E-state index contributed by atoms with van der Waals surface area (Å²) in [5.41, 5.74) is 0. The van der Waals surface area contributed by atoms with Gasteiger partial charge in [0.25, 0.3) is 0 Å².